The van der Waals surface area contributed by atoms with Crippen LogP contribution >= 0.6 is 23.4 Å². The molecule has 0 aliphatic heterocycles. The highest BCUT2D eigenvalue weighted by Gasteiger charge is 2.32. The average molecular weight is 430 g/mol. The fourth-order valence-electron chi connectivity index (χ4n) is 2.95. The molecule has 0 radical (unpaired) electrons. The fraction of sp³-hybridized carbons (Fsp3) is 0.286. The van der Waals surface area contributed by atoms with E-state index in [1.165, 1.54) is 11.8 Å². The molecular weight excluding hydrogens is 410 g/mol. The second-order valence-electron chi connectivity index (χ2n) is 6.74. The largest absolute Gasteiger partial charge is 0.497 e. The molecule has 0 atom stereocenters. The molecular formula is C21H20ClN3O3S. The number of rotatable bonds is 8. The van der Waals surface area contributed by atoms with E-state index < -0.39 is 0 Å². The van der Waals surface area contributed by atoms with Crippen molar-refractivity contribution in [1.82, 2.24) is 15.1 Å². The van der Waals surface area contributed by atoms with Crippen molar-refractivity contribution in [3.63, 3.8) is 0 Å². The third kappa shape index (κ3) is 4.92. The Balaban J connectivity index is 1.38. The molecule has 2 aromatic carbocycles. The number of hydrogen-bond acceptors (Lipinski definition) is 6. The van der Waals surface area contributed by atoms with Gasteiger partial charge in [-0.15, -0.1) is 10.2 Å². The molecule has 8 heteroatoms. The van der Waals surface area contributed by atoms with Gasteiger partial charge in [0.25, 0.3) is 5.22 Å². The van der Waals surface area contributed by atoms with Crippen LogP contribution in [0.25, 0.3) is 11.5 Å². The van der Waals surface area contributed by atoms with Crippen molar-refractivity contribution >= 4 is 29.3 Å². The number of thioether (sulfide) groups is 1. The summed E-state index contributed by atoms with van der Waals surface area (Å²) in [7, 11) is 1.64. The zero-order chi connectivity index (χ0) is 20.2. The Kier molecular flexibility index (Phi) is 6.06. The third-order valence-electron chi connectivity index (χ3n) is 4.65. The van der Waals surface area contributed by atoms with Gasteiger partial charge in [-0.2, -0.15) is 0 Å². The van der Waals surface area contributed by atoms with Gasteiger partial charge in [0.2, 0.25) is 11.8 Å². The number of benzene rings is 2. The smallest absolute Gasteiger partial charge is 0.277 e. The van der Waals surface area contributed by atoms with Gasteiger partial charge in [-0.25, -0.2) is 0 Å². The SMILES string of the molecule is COc1ccc(CN(C(=O)CSc2nnc(-c3ccccc3Cl)o2)C2CC2)cc1. The van der Waals surface area contributed by atoms with E-state index in [4.69, 9.17) is 20.8 Å². The zero-order valence-electron chi connectivity index (χ0n) is 15.9. The van der Waals surface area contributed by atoms with Gasteiger partial charge in [0.1, 0.15) is 5.75 Å². The van der Waals surface area contributed by atoms with Gasteiger partial charge in [0.05, 0.1) is 23.4 Å². The zero-order valence-corrected chi connectivity index (χ0v) is 17.4. The molecule has 150 valence electrons. The van der Waals surface area contributed by atoms with Crippen molar-refractivity contribution < 1.29 is 13.9 Å². The minimum absolute atomic E-state index is 0.0609. The molecule has 1 heterocycles. The summed E-state index contributed by atoms with van der Waals surface area (Å²) in [5.41, 5.74) is 1.76. The van der Waals surface area contributed by atoms with Crippen LogP contribution in [-0.4, -0.2) is 39.9 Å². The van der Waals surface area contributed by atoms with E-state index in [9.17, 15) is 4.79 Å². The Labute approximate surface area is 178 Å². The highest BCUT2D eigenvalue weighted by molar-refractivity contribution is 7.99. The highest BCUT2D eigenvalue weighted by atomic mass is 35.5. The van der Waals surface area contributed by atoms with Crippen molar-refractivity contribution in [1.29, 1.82) is 0 Å². The van der Waals surface area contributed by atoms with Gasteiger partial charge >= 0.3 is 0 Å². The normalized spacial score (nSPS) is 13.3. The molecule has 1 aromatic heterocycles. The molecule has 1 fully saturated rings. The molecule has 0 spiro atoms. The molecule has 0 unspecified atom stereocenters. The van der Waals surface area contributed by atoms with Gasteiger partial charge in [0.15, 0.2) is 0 Å². The van der Waals surface area contributed by atoms with Gasteiger partial charge in [-0.05, 0) is 42.7 Å². The average Bonchev–Trinajstić information content (AvgIpc) is 3.48. The van der Waals surface area contributed by atoms with Crippen molar-refractivity contribution in [2.45, 2.75) is 30.7 Å². The lowest BCUT2D eigenvalue weighted by Gasteiger charge is -2.22. The van der Waals surface area contributed by atoms with E-state index in [2.05, 4.69) is 10.2 Å². The number of halogens is 1. The van der Waals surface area contributed by atoms with Crippen molar-refractivity contribution in [2.24, 2.45) is 0 Å². The topological polar surface area (TPSA) is 68.5 Å². The number of methoxy groups -OCH3 is 1. The van der Waals surface area contributed by atoms with Gasteiger partial charge in [-0.1, -0.05) is 47.6 Å². The van der Waals surface area contributed by atoms with E-state index in [0.29, 0.717) is 34.3 Å². The van der Waals surface area contributed by atoms with Crippen LogP contribution < -0.4 is 4.74 Å². The summed E-state index contributed by atoms with van der Waals surface area (Å²) in [6.45, 7) is 0.586. The minimum atomic E-state index is 0.0609. The molecule has 29 heavy (non-hydrogen) atoms. The Morgan fingerprint density at radius 2 is 1.97 bits per heavy atom. The van der Waals surface area contributed by atoms with Gasteiger partial charge in [-0.3, -0.25) is 4.79 Å². The first-order valence-electron chi connectivity index (χ1n) is 9.27. The molecule has 4 rings (SSSR count). The number of aromatic nitrogens is 2. The highest BCUT2D eigenvalue weighted by Crippen LogP contribution is 2.31. The molecule has 1 amide bonds. The monoisotopic (exact) mass is 429 g/mol. The second kappa shape index (κ2) is 8.88. The van der Waals surface area contributed by atoms with Crippen LogP contribution in [0.5, 0.6) is 5.75 Å². The molecule has 6 nitrogen and oxygen atoms in total. The van der Waals surface area contributed by atoms with Crippen LogP contribution in [-0.2, 0) is 11.3 Å². The van der Waals surface area contributed by atoms with Crippen LogP contribution in [0.15, 0.2) is 58.2 Å². The predicted molar refractivity (Wildman–Crippen MR) is 112 cm³/mol. The summed E-state index contributed by atoms with van der Waals surface area (Å²) in [4.78, 5) is 14.8. The molecule has 3 aromatic rings. The lowest BCUT2D eigenvalue weighted by molar-refractivity contribution is -0.129. The summed E-state index contributed by atoms with van der Waals surface area (Å²) in [6.07, 6.45) is 2.09. The van der Waals surface area contributed by atoms with E-state index in [-0.39, 0.29) is 11.7 Å². The standard InChI is InChI=1S/C21H20ClN3O3S/c1-27-16-10-6-14(7-11-16)12-25(15-8-9-15)19(26)13-29-21-24-23-20(28-21)17-4-2-3-5-18(17)22/h2-7,10-11,15H,8-9,12-13H2,1H3. The van der Waals surface area contributed by atoms with Crippen LogP contribution in [0.2, 0.25) is 5.02 Å². The molecule has 1 aliphatic rings. The summed E-state index contributed by atoms with van der Waals surface area (Å²) in [5.74, 6) is 1.46. The van der Waals surface area contributed by atoms with Crippen LogP contribution in [0.3, 0.4) is 0 Å². The number of carbonyl (C=O) groups is 1. The van der Waals surface area contributed by atoms with Gasteiger partial charge in [0, 0.05) is 12.6 Å². The predicted octanol–water partition coefficient (Wildman–Crippen LogP) is 4.68. The Morgan fingerprint density at radius 3 is 2.66 bits per heavy atom. The summed E-state index contributed by atoms with van der Waals surface area (Å²) in [5, 5.41) is 8.97. The first-order chi connectivity index (χ1) is 14.1. The first kappa shape index (κ1) is 19.8. The molecule has 1 saturated carbocycles. The van der Waals surface area contributed by atoms with E-state index in [1.807, 2.05) is 47.4 Å². The Hall–Kier alpha value is -2.51. The number of hydrogen-bond donors (Lipinski definition) is 0. The van der Waals surface area contributed by atoms with Crippen LogP contribution in [0.1, 0.15) is 18.4 Å². The van der Waals surface area contributed by atoms with Crippen molar-refractivity contribution in [3.8, 4) is 17.2 Å². The molecule has 0 bridgehead atoms. The maximum Gasteiger partial charge on any atom is 0.277 e. The molecule has 1 aliphatic carbocycles. The fourth-order valence-corrected chi connectivity index (χ4v) is 3.82. The molecule has 0 saturated heterocycles. The quantitative estimate of drug-likeness (QED) is 0.484. The van der Waals surface area contributed by atoms with E-state index >= 15 is 0 Å². The Bertz CT molecular complexity index is 989. The summed E-state index contributed by atoms with van der Waals surface area (Å²) < 4.78 is 10.9. The minimum Gasteiger partial charge on any atom is -0.497 e. The lowest BCUT2D eigenvalue weighted by atomic mass is 10.2. The van der Waals surface area contributed by atoms with Crippen molar-refractivity contribution in [3.05, 3.63) is 59.1 Å². The first-order valence-corrected chi connectivity index (χ1v) is 10.6. The van der Waals surface area contributed by atoms with E-state index in [1.54, 1.807) is 13.2 Å². The summed E-state index contributed by atoms with van der Waals surface area (Å²) in [6, 6.07) is 15.4. The maximum absolute atomic E-state index is 12.8. The number of ether oxygens (including phenoxy) is 1. The maximum atomic E-state index is 12.8. The second-order valence-corrected chi connectivity index (χ2v) is 8.08. The molecule has 0 N–H and O–H groups in total. The number of carbonyl (C=O) groups excluding carboxylic acids is 1. The number of amides is 1. The van der Waals surface area contributed by atoms with Crippen LogP contribution in [0, 0.1) is 0 Å². The Morgan fingerprint density at radius 1 is 1.21 bits per heavy atom. The lowest BCUT2D eigenvalue weighted by Crippen LogP contribution is -2.33. The summed E-state index contributed by atoms with van der Waals surface area (Å²) >= 11 is 7.42. The third-order valence-corrected chi connectivity index (χ3v) is 5.78. The number of nitrogens with zero attached hydrogens (tertiary/aromatic N) is 3. The van der Waals surface area contributed by atoms with E-state index in [0.717, 1.165) is 24.2 Å². The van der Waals surface area contributed by atoms with Crippen LogP contribution in [0.4, 0.5) is 0 Å². The van der Waals surface area contributed by atoms with Gasteiger partial charge < -0.3 is 14.1 Å². The van der Waals surface area contributed by atoms with Crippen molar-refractivity contribution in [2.75, 3.05) is 12.9 Å².